The lowest BCUT2D eigenvalue weighted by molar-refractivity contribution is -0.147. The van der Waals surface area contributed by atoms with Crippen molar-refractivity contribution in [3.8, 4) is 0 Å². The van der Waals surface area contributed by atoms with E-state index in [-0.39, 0.29) is 23.1 Å². The third-order valence-corrected chi connectivity index (χ3v) is 6.90. The Kier molecular flexibility index (Phi) is 6.24. The highest BCUT2D eigenvalue weighted by molar-refractivity contribution is 7.16. The van der Waals surface area contributed by atoms with Gasteiger partial charge in [-0.2, -0.15) is 0 Å². The maximum absolute atomic E-state index is 13.2. The van der Waals surface area contributed by atoms with Gasteiger partial charge >= 0.3 is 11.9 Å². The van der Waals surface area contributed by atoms with Gasteiger partial charge in [0, 0.05) is 22.6 Å². The van der Waals surface area contributed by atoms with E-state index in [9.17, 15) is 9.59 Å². The van der Waals surface area contributed by atoms with Crippen molar-refractivity contribution < 1.29 is 19.1 Å². The molecule has 0 fully saturated rings. The highest BCUT2D eigenvalue weighted by atomic mass is 35.5. The first-order chi connectivity index (χ1) is 15.5. The molecule has 1 atom stereocenters. The van der Waals surface area contributed by atoms with Gasteiger partial charge in [0.25, 0.3) is 0 Å². The zero-order valence-electron chi connectivity index (χ0n) is 18.6. The zero-order chi connectivity index (χ0) is 24.0. The summed E-state index contributed by atoms with van der Waals surface area (Å²) in [4.78, 5) is 33.3. The van der Waals surface area contributed by atoms with Gasteiger partial charge in [0.15, 0.2) is 5.69 Å². The van der Waals surface area contributed by atoms with Crippen molar-refractivity contribution in [1.82, 2.24) is 9.97 Å². The van der Waals surface area contributed by atoms with Gasteiger partial charge in [0.1, 0.15) is 19.8 Å². The van der Waals surface area contributed by atoms with E-state index in [1.807, 2.05) is 30.3 Å². The number of benzene rings is 1. The molecule has 172 valence electrons. The van der Waals surface area contributed by atoms with E-state index < -0.39 is 22.4 Å². The highest BCUT2D eigenvalue weighted by Gasteiger charge is 2.39. The van der Waals surface area contributed by atoms with Crippen LogP contribution in [0.1, 0.15) is 49.6 Å². The SMILES string of the molecule is CCOC(=O)c1nc(C2(Cl)C=c3nc4ccccc4cc3=C(C(=O)OC(C)(C)C)C2)sc1Cl. The van der Waals surface area contributed by atoms with Gasteiger partial charge in [0.05, 0.1) is 17.5 Å². The summed E-state index contributed by atoms with van der Waals surface area (Å²) in [6.45, 7) is 7.31. The topological polar surface area (TPSA) is 78.4 Å². The van der Waals surface area contributed by atoms with Crippen molar-refractivity contribution in [2.75, 3.05) is 6.61 Å². The van der Waals surface area contributed by atoms with Crippen molar-refractivity contribution in [2.24, 2.45) is 0 Å². The average molecular weight is 505 g/mol. The van der Waals surface area contributed by atoms with Crippen LogP contribution < -0.4 is 10.6 Å². The van der Waals surface area contributed by atoms with Crippen LogP contribution in [0, 0.1) is 0 Å². The monoisotopic (exact) mass is 504 g/mol. The Balaban J connectivity index is 1.92. The molecule has 3 aromatic rings. The number of pyridine rings is 1. The number of fused-ring (bicyclic) bond motifs is 2. The van der Waals surface area contributed by atoms with Crippen molar-refractivity contribution in [3.63, 3.8) is 0 Å². The number of carbonyl (C=O) groups excluding carboxylic acids is 2. The minimum atomic E-state index is -1.24. The lowest BCUT2D eigenvalue weighted by Crippen LogP contribution is -2.42. The largest absolute Gasteiger partial charge is 0.461 e. The van der Waals surface area contributed by atoms with Crippen LogP contribution in [-0.2, 0) is 19.1 Å². The quantitative estimate of drug-likeness (QED) is 0.388. The van der Waals surface area contributed by atoms with Crippen LogP contribution in [0.25, 0.3) is 22.6 Å². The van der Waals surface area contributed by atoms with Gasteiger partial charge in [-0.15, -0.1) is 22.9 Å². The number of rotatable bonds is 4. The normalized spacial score (nSPS) is 17.9. The molecule has 0 saturated heterocycles. The molecule has 2 aromatic heterocycles. The average Bonchev–Trinajstić information content (AvgIpc) is 3.13. The number of hydrogen-bond acceptors (Lipinski definition) is 7. The van der Waals surface area contributed by atoms with Gasteiger partial charge in [0.2, 0.25) is 0 Å². The van der Waals surface area contributed by atoms with Crippen molar-refractivity contribution in [1.29, 1.82) is 0 Å². The number of ether oxygens (including phenoxy) is 2. The lowest BCUT2D eigenvalue weighted by Gasteiger charge is -2.27. The Hall–Kier alpha value is -2.48. The van der Waals surface area contributed by atoms with Crippen molar-refractivity contribution in [2.45, 2.75) is 44.6 Å². The third kappa shape index (κ3) is 4.76. The summed E-state index contributed by atoms with van der Waals surface area (Å²) in [5.41, 5.74) is 0.468. The van der Waals surface area contributed by atoms with Gasteiger partial charge in [-0.25, -0.2) is 19.6 Å². The molecule has 1 aliphatic carbocycles. The van der Waals surface area contributed by atoms with E-state index in [4.69, 9.17) is 37.7 Å². The van der Waals surface area contributed by atoms with E-state index in [0.29, 0.717) is 21.1 Å². The van der Waals surface area contributed by atoms with Crippen LogP contribution in [0.5, 0.6) is 0 Å². The number of thiazole rings is 1. The Morgan fingerprint density at radius 2 is 1.91 bits per heavy atom. The summed E-state index contributed by atoms with van der Waals surface area (Å²) >= 11 is 14.4. The van der Waals surface area contributed by atoms with Crippen LogP contribution in [-0.4, -0.2) is 34.1 Å². The maximum atomic E-state index is 13.2. The first kappa shape index (κ1) is 23.7. The Bertz CT molecular complexity index is 1390. The first-order valence-corrected chi connectivity index (χ1v) is 12.0. The number of esters is 2. The van der Waals surface area contributed by atoms with Crippen LogP contribution >= 0.6 is 34.5 Å². The molecule has 0 aliphatic heterocycles. The highest BCUT2D eigenvalue weighted by Crippen LogP contribution is 2.43. The van der Waals surface area contributed by atoms with Crippen molar-refractivity contribution in [3.05, 3.63) is 55.9 Å². The lowest BCUT2D eigenvalue weighted by atomic mass is 9.91. The van der Waals surface area contributed by atoms with Crippen LogP contribution in [0.2, 0.25) is 4.34 Å². The molecule has 6 nitrogen and oxygen atoms in total. The molecule has 0 amide bonds. The first-order valence-electron chi connectivity index (χ1n) is 10.4. The molecule has 33 heavy (non-hydrogen) atoms. The summed E-state index contributed by atoms with van der Waals surface area (Å²) in [5.74, 6) is -1.10. The van der Waals surface area contributed by atoms with Crippen LogP contribution in [0.3, 0.4) is 0 Å². The molecule has 0 N–H and O–H groups in total. The number of aromatic nitrogens is 2. The Labute approximate surface area is 204 Å². The van der Waals surface area contributed by atoms with Gasteiger partial charge in [-0.05, 0) is 45.9 Å². The second-order valence-corrected chi connectivity index (χ2v) is 10.9. The minimum Gasteiger partial charge on any atom is -0.461 e. The molecule has 0 saturated carbocycles. The summed E-state index contributed by atoms with van der Waals surface area (Å²) in [6.07, 6.45) is 1.86. The summed E-state index contributed by atoms with van der Waals surface area (Å²) < 4.78 is 10.9. The molecule has 0 bridgehead atoms. The predicted molar refractivity (Wildman–Crippen MR) is 130 cm³/mol. The number of para-hydroxylation sites is 1. The molecule has 4 rings (SSSR count). The number of halogens is 2. The smallest absolute Gasteiger partial charge is 0.359 e. The second-order valence-electron chi connectivity index (χ2n) is 8.64. The predicted octanol–water partition coefficient (Wildman–Crippen LogP) is 4.33. The molecule has 9 heteroatoms. The molecule has 1 unspecified atom stereocenters. The third-order valence-electron chi connectivity index (χ3n) is 4.93. The molecule has 1 aromatic carbocycles. The summed E-state index contributed by atoms with van der Waals surface area (Å²) in [5, 5.41) is 2.47. The van der Waals surface area contributed by atoms with Gasteiger partial charge in [-0.1, -0.05) is 29.8 Å². The van der Waals surface area contributed by atoms with E-state index >= 15 is 0 Å². The standard InChI is InChI=1S/C24H22Cl2N2O4S/c1-5-31-21(30)18-19(25)33-22(28-18)24(26)11-15(20(29)32-23(2,3)4)14-10-13-8-6-7-9-16(13)27-17(14)12-24/h6-10,12H,5,11H2,1-4H3. The van der Waals surface area contributed by atoms with E-state index in [1.54, 1.807) is 33.8 Å². The molecule has 2 heterocycles. The fourth-order valence-electron chi connectivity index (χ4n) is 3.57. The fourth-order valence-corrected chi connectivity index (χ4v) is 5.13. The summed E-state index contributed by atoms with van der Waals surface area (Å²) in [7, 11) is 0. The van der Waals surface area contributed by atoms with Gasteiger partial charge < -0.3 is 9.47 Å². The minimum absolute atomic E-state index is 0.00280. The second kappa shape index (κ2) is 8.70. The number of alkyl halides is 1. The van der Waals surface area contributed by atoms with Crippen LogP contribution in [0.15, 0.2) is 30.3 Å². The molecule has 0 radical (unpaired) electrons. The number of nitrogens with zero attached hydrogens (tertiary/aromatic N) is 2. The molecular weight excluding hydrogens is 483 g/mol. The van der Waals surface area contributed by atoms with E-state index in [1.165, 1.54) is 0 Å². The molecule has 1 aliphatic rings. The fraction of sp³-hybridized carbons (Fsp3) is 0.333. The van der Waals surface area contributed by atoms with Gasteiger partial charge in [-0.3, -0.25) is 0 Å². The zero-order valence-corrected chi connectivity index (χ0v) is 20.9. The Morgan fingerprint density at radius 1 is 1.18 bits per heavy atom. The Morgan fingerprint density at radius 3 is 2.61 bits per heavy atom. The van der Waals surface area contributed by atoms with Crippen molar-refractivity contribution >= 4 is 69.0 Å². The molecule has 0 spiro atoms. The number of carbonyl (C=O) groups is 2. The maximum Gasteiger partial charge on any atom is 0.359 e. The van der Waals surface area contributed by atoms with Crippen LogP contribution in [0.4, 0.5) is 0 Å². The molecular formula is C24H22Cl2N2O4S. The van der Waals surface area contributed by atoms with E-state index in [0.717, 1.165) is 22.2 Å². The summed E-state index contributed by atoms with van der Waals surface area (Å²) in [6, 6.07) is 9.55. The number of hydrogen-bond donors (Lipinski definition) is 0. The van der Waals surface area contributed by atoms with E-state index in [2.05, 4.69) is 4.98 Å².